The van der Waals surface area contributed by atoms with E-state index in [1.54, 1.807) is 0 Å². The van der Waals surface area contributed by atoms with Crippen molar-refractivity contribution in [1.29, 1.82) is 0 Å². The molecule has 0 unspecified atom stereocenters. The standard InChI is InChI=1S/C9H16N4OS.ClH/c1-2-7-8(15-13-12-7)9(14)11-6-4-3-5-10;/h2-6,10H2,1H3,(H,11,14);1H. The van der Waals surface area contributed by atoms with Crippen LogP contribution >= 0.6 is 23.9 Å². The Balaban J connectivity index is 0.00000225. The van der Waals surface area contributed by atoms with Gasteiger partial charge in [0.05, 0.1) is 5.69 Å². The largest absolute Gasteiger partial charge is 0.351 e. The Kier molecular flexibility index (Phi) is 8.05. The molecule has 1 heterocycles. The SMILES string of the molecule is CCc1nnsc1C(=O)NCCCCN.Cl. The Morgan fingerprint density at radius 3 is 2.88 bits per heavy atom. The molecule has 16 heavy (non-hydrogen) atoms. The van der Waals surface area contributed by atoms with Crippen LogP contribution in [0.4, 0.5) is 0 Å². The summed E-state index contributed by atoms with van der Waals surface area (Å²) >= 11 is 1.15. The number of carbonyl (C=O) groups is 1. The molecule has 0 aliphatic carbocycles. The van der Waals surface area contributed by atoms with Crippen LogP contribution in [0.1, 0.15) is 35.1 Å². The van der Waals surface area contributed by atoms with E-state index in [2.05, 4.69) is 14.9 Å². The van der Waals surface area contributed by atoms with E-state index in [0.717, 1.165) is 36.5 Å². The van der Waals surface area contributed by atoms with Gasteiger partial charge in [-0.25, -0.2) is 0 Å². The smallest absolute Gasteiger partial charge is 0.264 e. The molecular weight excluding hydrogens is 248 g/mol. The van der Waals surface area contributed by atoms with Crippen molar-refractivity contribution in [1.82, 2.24) is 14.9 Å². The van der Waals surface area contributed by atoms with E-state index in [9.17, 15) is 4.79 Å². The zero-order valence-corrected chi connectivity index (χ0v) is 10.9. The van der Waals surface area contributed by atoms with Crippen LogP contribution in [0.5, 0.6) is 0 Å². The van der Waals surface area contributed by atoms with E-state index in [0.29, 0.717) is 18.0 Å². The molecule has 7 heteroatoms. The molecule has 0 atom stereocenters. The van der Waals surface area contributed by atoms with Gasteiger partial charge in [0.15, 0.2) is 0 Å². The number of unbranched alkanes of at least 4 members (excludes halogenated alkanes) is 1. The Morgan fingerprint density at radius 2 is 2.25 bits per heavy atom. The minimum atomic E-state index is -0.0705. The van der Waals surface area contributed by atoms with Crippen molar-refractivity contribution in [2.24, 2.45) is 5.73 Å². The lowest BCUT2D eigenvalue weighted by atomic mass is 10.2. The van der Waals surface area contributed by atoms with Crippen molar-refractivity contribution in [3.8, 4) is 0 Å². The number of nitrogens with two attached hydrogens (primary N) is 1. The molecule has 1 aromatic rings. The van der Waals surface area contributed by atoms with Crippen LogP contribution in [0.15, 0.2) is 0 Å². The molecule has 0 aromatic carbocycles. The van der Waals surface area contributed by atoms with Crippen molar-refractivity contribution in [2.45, 2.75) is 26.2 Å². The predicted molar refractivity (Wildman–Crippen MR) is 67.2 cm³/mol. The summed E-state index contributed by atoms with van der Waals surface area (Å²) in [6.45, 7) is 3.29. The summed E-state index contributed by atoms with van der Waals surface area (Å²) in [6, 6.07) is 0. The zero-order valence-electron chi connectivity index (χ0n) is 9.23. The molecule has 0 bridgehead atoms. The second kappa shape index (κ2) is 8.43. The molecule has 0 saturated carbocycles. The summed E-state index contributed by atoms with van der Waals surface area (Å²) in [7, 11) is 0. The average Bonchev–Trinajstić information content (AvgIpc) is 2.72. The van der Waals surface area contributed by atoms with Gasteiger partial charge in [-0.3, -0.25) is 4.79 Å². The Morgan fingerprint density at radius 1 is 1.50 bits per heavy atom. The molecule has 92 valence electrons. The Hall–Kier alpha value is -0.720. The lowest BCUT2D eigenvalue weighted by molar-refractivity contribution is 0.0956. The van der Waals surface area contributed by atoms with Gasteiger partial charge in [-0.2, -0.15) is 0 Å². The molecule has 1 amide bonds. The number of hydrogen-bond acceptors (Lipinski definition) is 5. The van der Waals surface area contributed by atoms with Crippen LogP contribution in [0.3, 0.4) is 0 Å². The highest BCUT2D eigenvalue weighted by Crippen LogP contribution is 2.10. The van der Waals surface area contributed by atoms with E-state index >= 15 is 0 Å². The highest BCUT2D eigenvalue weighted by molar-refractivity contribution is 7.08. The van der Waals surface area contributed by atoms with E-state index < -0.39 is 0 Å². The van der Waals surface area contributed by atoms with Crippen molar-refractivity contribution in [3.63, 3.8) is 0 Å². The van der Waals surface area contributed by atoms with Crippen molar-refractivity contribution < 1.29 is 4.79 Å². The fourth-order valence-corrected chi connectivity index (χ4v) is 1.83. The van der Waals surface area contributed by atoms with Crippen LogP contribution in [0.25, 0.3) is 0 Å². The molecule has 0 aliphatic rings. The van der Waals surface area contributed by atoms with E-state index in [4.69, 9.17) is 5.73 Å². The van der Waals surface area contributed by atoms with Crippen molar-refractivity contribution >= 4 is 29.8 Å². The molecule has 0 radical (unpaired) electrons. The third-order valence-electron chi connectivity index (χ3n) is 2.01. The summed E-state index contributed by atoms with van der Waals surface area (Å²) in [5.74, 6) is -0.0705. The third kappa shape index (κ3) is 4.42. The fraction of sp³-hybridized carbons (Fsp3) is 0.667. The summed E-state index contributed by atoms with van der Waals surface area (Å²) < 4.78 is 3.77. The number of aromatic nitrogens is 2. The monoisotopic (exact) mass is 264 g/mol. The second-order valence-electron chi connectivity index (χ2n) is 3.15. The summed E-state index contributed by atoms with van der Waals surface area (Å²) in [5, 5.41) is 6.72. The number of rotatable bonds is 6. The first-order chi connectivity index (χ1) is 7.29. The Labute approximate surface area is 105 Å². The van der Waals surface area contributed by atoms with Gasteiger partial charge in [0.2, 0.25) is 0 Å². The Bertz CT molecular complexity index is 318. The first-order valence-corrected chi connectivity index (χ1v) is 5.86. The molecule has 1 rings (SSSR count). The predicted octanol–water partition coefficient (Wildman–Crippen LogP) is 0.991. The normalized spacial score (nSPS) is 9.62. The van der Waals surface area contributed by atoms with Gasteiger partial charge in [-0.15, -0.1) is 17.5 Å². The number of aryl methyl sites for hydroxylation is 1. The van der Waals surface area contributed by atoms with E-state index in [1.807, 2.05) is 6.92 Å². The van der Waals surface area contributed by atoms with Gasteiger partial charge in [-0.1, -0.05) is 11.4 Å². The highest BCUT2D eigenvalue weighted by atomic mass is 35.5. The first-order valence-electron chi connectivity index (χ1n) is 5.09. The third-order valence-corrected chi connectivity index (χ3v) is 2.78. The highest BCUT2D eigenvalue weighted by Gasteiger charge is 2.13. The van der Waals surface area contributed by atoms with Gasteiger partial charge in [0.1, 0.15) is 4.88 Å². The van der Waals surface area contributed by atoms with Crippen molar-refractivity contribution in [2.75, 3.05) is 13.1 Å². The van der Waals surface area contributed by atoms with Crippen LogP contribution < -0.4 is 11.1 Å². The average molecular weight is 265 g/mol. The minimum Gasteiger partial charge on any atom is -0.351 e. The topological polar surface area (TPSA) is 80.9 Å². The maximum absolute atomic E-state index is 11.6. The van der Waals surface area contributed by atoms with E-state index in [1.165, 1.54) is 0 Å². The molecule has 0 saturated heterocycles. The fourth-order valence-electron chi connectivity index (χ4n) is 1.16. The second-order valence-corrected chi connectivity index (χ2v) is 3.91. The van der Waals surface area contributed by atoms with Crippen LogP contribution in [0, 0.1) is 0 Å². The molecule has 1 aromatic heterocycles. The minimum absolute atomic E-state index is 0. The van der Waals surface area contributed by atoms with Crippen molar-refractivity contribution in [3.05, 3.63) is 10.6 Å². The lowest BCUT2D eigenvalue weighted by Crippen LogP contribution is -2.25. The summed E-state index contributed by atoms with van der Waals surface area (Å²) in [5.41, 5.74) is 6.13. The van der Waals surface area contributed by atoms with E-state index in [-0.39, 0.29) is 18.3 Å². The van der Waals surface area contributed by atoms with Gasteiger partial charge in [-0.05, 0) is 37.3 Å². The number of halogens is 1. The van der Waals surface area contributed by atoms with Gasteiger partial charge >= 0.3 is 0 Å². The summed E-state index contributed by atoms with van der Waals surface area (Å²) in [4.78, 5) is 12.3. The molecule has 0 aliphatic heterocycles. The molecule has 5 nitrogen and oxygen atoms in total. The molecule has 0 spiro atoms. The summed E-state index contributed by atoms with van der Waals surface area (Å²) in [6.07, 6.45) is 2.58. The maximum Gasteiger partial charge on any atom is 0.264 e. The molecule has 0 fully saturated rings. The quantitative estimate of drug-likeness (QED) is 0.751. The maximum atomic E-state index is 11.6. The number of carbonyl (C=O) groups excluding carboxylic acids is 1. The van der Waals surface area contributed by atoms with Gasteiger partial charge in [0.25, 0.3) is 5.91 Å². The molecular formula is C9H17ClN4OS. The van der Waals surface area contributed by atoms with Crippen LogP contribution in [-0.4, -0.2) is 28.6 Å². The van der Waals surface area contributed by atoms with Gasteiger partial charge < -0.3 is 11.1 Å². The number of amides is 1. The number of nitrogens with zero attached hydrogens (tertiary/aromatic N) is 2. The zero-order chi connectivity index (χ0) is 11.1. The van der Waals surface area contributed by atoms with Crippen LogP contribution in [-0.2, 0) is 6.42 Å². The number of nitrogens with one attached hydrogen (secondary N) is 1. The number of hydrogen-bond donors (Lipinski definition) is 2. The molecule has 3 N–H and O–H groups in total. The first kappa shape index (κ1) is 15.3. The lowest BCUT2D eigenvalue weighted by Gasteiger charge is -2.02. The van der Waals surface area contributed by atoms with Gasteiger partial charge in [0, 0.05) is 6.54 Å². The van der Waals surface area contributed by atoms with Crippen LogP contribution in [0.2, 0.25) is 0 Å².